The van der Waals surface area contributed by atoms with Crippen LogP contribution in [0.4, 0.5) is 5.69 Å². The molecule has 0 aliphatic rings. The predicted molar refractivity (Wildman–Crippen MR) is 68.1 cm³/mol. The third kappa shape index (κ3) is 2.40. The normalized spacial score (nSPS) is 10.3. The van der Waals surface area contributed by atoms with Gasteiger partial charge in [0.25, 0.3) is 0 Å². The van der Waals surface area contributed by atoms with Gasteiger partial charge in [0.15, 0.2) is 0 Å². The molecule has 0 fully saturated rings. The Morgan fingerprint density at radius 3 is 2.81 bits per heavy atom. The highest BCUT2D eigenvalue weighted by molar-refractivity contribution is 5.63. The molecule has 2 N–H and O–H groups in total. The number of hydrogen-bond acceptors (Lipinski definition) is 2. The number of aryl methyl sites for hydroxylation is 1. The lowest BCUT2D eigenvalue weighted by Gasteiger charge is -2.04. The Morgan fingerprint density at radius 2 is 2.06 bits per heavy atom. The number of hydrogen-bond donors (Lipinski definition) is 1. The molecule has 0 saturated heterocycles. The molecule has 1 aromatic heterocycles. The molecular weight excluding hydrogens is 196 g/mol. The van der Waals surface area contributed by atoms with Crippen LogP contribution in [0.15, 0.2) is 42.6 Å². The van der Waals surface area contributed by atoms with Gasteiger partial charge in [-0.3, -0.25) is 4.98 Å². The van der Waals surface area contributed by atoms with E-state index in [2.05, 4.69) is 36.2 Å². The molecule has 16 heavy (non-hydrogen) atoms. The van der Waals surface area contributed by atoms with Crippen LogP contribution in [0.1, 0.15) is 18.9 Å². The molecule has 1 aromatic carbocycles. The quantitative estimate of drug-likeness (QED) is 0.848. The number of aromatic nitrogens is 1. The Labute approximate surface area is 96.1 Å². The maximum absolute atomic E-state index is 5.75. The maximum Gasteiger partial charge on any atom is 0.0722 e. The molecule has 0 atom stereocenters. The molecule has 2 rings (SSSR count). The van der Waals surface area contributed by atoms with E-state index in [1.54, 1.807) is 12.3 Å². The van der Waals surface area contributed by atoms with Gasteiger partial charge in [-0.2, -0.15) is 0 Å². The molecule has 0 bridgehead atoms. The molecule has 0 spiro atoms. The van der Waals surface area contributed by atoms with Crippen LogP contribution < -0.4 is 5.73 Å². The zero-order valence-corrected chi connectivity index (χ0v) is 9.48. The zero-order valence-electron chi connectivity index (χ0n) is 9.48. The summed E-state index contributed by atoms with van der Waals surface area (Å²) in [5, 5.41) is 0. The van der Waals surface area contributed by atoms with Gasteiger partial charge >= 0.3 is 0 Å². The Hall–Kier alpha value is -1.83. The molecule has 2 heteroatoms. The molecule has 82 valence electrons. The third-order valence-corrected chi connectivity index (χ3v) is 2.55. The summed E-state index contributed by atoms with van der Waals surface area (Å²) in [6.45, 7) is 2.19. The largest absolute Gasteiger partial charge is 0.399 e. The van der Waals surface area contributed by atoms with Crippen LogP contribution in [0.3, 0.4) is 0 Å². The number of nitrogens with two attached hydrogens (primary N) is 1. The minimum atomic E-state index is 0.755. The summed E-state index contributed by atoms with van der Waals surface area (Å²) in [7, 11) is 0. The summed E-state index contributed by atoms with van der Waals surface area (Å²) in [5.41, 5.74) is 9.94. The molecule has 0 unspecified atom stereocenters. The Bertz CT molecular complexity index is 478. The highest BCUT2D eigenvalue weighted by Crippen LogP contribution is 2.20. The molecule has 0 amide bonds. The zero-order chi connectivity index (χ0) is 11.4. The van der Waals surface area contributed by atoms with Crippen molar-refractivity contribution < 1.29 is 0 Å². The van der Waals surface area contributed by atoms with E-state index < -0.39 is 0 Å². The molecule has 0 aliphatic heterocycles. The van der Waals surface area contributed by atoms with E-state index in [0.29, 0.717) is 0 Å². The van der Waals surface area contributed by atoms with Gasteiger partial charge in [0, 0.05) is 17.4 Å². The number of nitrogen functional groups attached to an aromatic ring is 1. The molecule has 2 nitrogen and oxygen atoms in total. The topological polar surface area (TPSA) is 38.9 Å². The number of rotatable bonds is 3. The van der Waals surface area contributed by atoms with Gasteiger partial charge in [-0.05, 0) is 30.2 Å². The minimum Gasteiger partial charge on any atom is -0.399 e. The van der Waals surface area contributed by atoms with Crippen LogP contribution in [0.2, 0.25) is 0 Å². The van der Waals surface area contributed by atoms with E-state index >= 15 is 0 Å². The van der Waals surface area contributed by atoms with E-state index in [4.69, 9.17) is 5.73 Å². The van der Waals surface area contributed by atoms with Crippen molar-refractivity contribution in [2.75, 3.05) is 5.73 Å². The van der Waals surface area contributed by atoms with E-state index in [-0.39, 0.29) is 0 Å². The van der Waals surface area contributed by atoms with Crippen LogP contribution in [0.25, 0.3) is 11.3 Å². The van der Waals surface area contributed by atoms with Gasteiger partial charge in [0.05, 0.1) is 5.69 Å². The van der Waals surface area contributed by atoms with Crippen molar-refractivity contribution in [1.29, 1.82) is 0 Å². The van der Waals surface area contributed by atoms with Crippen molar-refractivity contribution in [3.63, 3.8) is 0 Å². The summed E-state index contributed by atoms with van der Waals surface area (Å²) in [6, 6.07) is 12.2. The Morgan fingerprint density at radius 1 is 1.19 bits per heavy atom. The number of nitrogens with zero attached hydrogens (tertiary/aromatic N) is 1. The lowest BCUT2D eigenvalue weighted by Crippen LogP contribution is -1.90. The van der Waals surface area contributed by atoms with Crippen molar-refractivity contribution in [3.8, 4) is 11.3 Å². The fourth-order valence-corrected chi connectivity index (χ4v) is 1.78. The summed E-state index contributed by atoms with van der Waals surface area (Å²) in [6.07, 6.45) is 4.02. The van der Waals surface area contributed by atoms with Gasteiger partial charge in [-0.25, -0.2) is 0 Å². The van der Waals surface area contributed by atoms with Gasteiger partial charge in [0.2, 0.25) is 0 Å². The predicted octanol–water partition coefficient (Wildman–Crippen LogP) is 3.28. The van der Waals surface area contributed by atoms with Crippen LogP contribution in [0, 0.1) is 0 Å². The van der Waals surface area contributed by atoms with Crippen LogP contribution in [-0.4, -0.2) is 4.98 Å². The highest BCUT2D eigenvalue weighted by Gasteiger charge is 2.00. The van der Waals surface area contributed by atoms with Crippen molar-refractivity contribution in [3.05, 3.63) is 48.2 Å². The standard InChI is InChI=1S/C14H16N2/c1-2-4-11-5-3-6-12(9-11)14-10-13(15)7-8-16-14/h3,5-10H,2,4H2,1H3,(H2,15,16). The smallest absolute Gasteiger partial charge is 0.0722 e. The molecule has 0 saturated carbocycles. The van der Waals surface area contributed by atoms with E-state index in [0.717, 1.165) is 29.8 Å². The SMILES string of the molecule is CCCc1cccc(-c2cc(N)ccn2)c1. The van der Waals surface area contributed by atoms with Gasteiger partial charge in [0.1, 0.15) is 0 Å². The molecular formula is C14H16N2. The summed E-state index contributed by atoms with van der Waals surface area (Å²) in [5.74, 6) is 0. The first kappa shape index (κ1) is 10.7. The Balaban J connectivity index is 2.36. The molecule has 0 aliphatic carbocycles. The highest BCUT2D eigenvalue weighted by atomic mass is 14.7. The van der Waals surface area contributed by atoms with Crippen LogP contribution in [0.5, 0.6) is 0 Å². The first-order valence-corrected chi connectivity index (χ1v) is 5.60. The van der Waals surface area contributed by atoms with Gasteiger partial charge < -0.3 is 5.73 Å². The van der Waals surface area contributed by atoms with E-state index in [1.807, 2.05) is 6.07 Å². The maximum atomic E-state index is 5.75. The first-order chi connectivity index (χ1) is 7.79. The molecule has 2 aromatic rings. The average Bonchev–Trinajstić information content (AvgIpc) is 2.30. The Kier molecular flexibility index (Phi) is 3.20. The first-order valence-electron chi connectivity index (χ1n) is 5.60. The van der Waals surface area contributed by atoms with Crippen LogP contribution >= 0.6 is 0 Å². The second-order valence-electron chi connectivity index (χ2n) is 3.92. The van der Waals surface area contributed by atoms with Crippen LogP contribution in [-0.2, 0) is 6.42 Å². The monoisotopic (exact) mass is 212 g/mol. The lowest BCUT2D eigenvalue weighted by atomic mass is 10.0. The summed E-state index contributed by atoms with van der Waals surface area (Å²) in [4.78, 5) is 4.33. The minimum absolute atomic E-state index is 0.755. The summed E-state index contributed by atoms with van der Waals surface area (Å²) < 4.78 is 0. The molecule has 0 radical (unpaired) electrons. The van der Waals surface area contributed by atoms with Crippen molar-refractivity contribution in [2.45, 2.75) is 19.8 Å². The number of anilines is 1. The number of pyridine rings is 1. The van der Waals surface area contributed by atoms with Crippen molar-refractivity contribution in [2.24, 2.45) is 0 Å². The van der Waals surface area contributed by atoms with Crippen molar-refractivity contribution in [1.82, 2.24) is 4.98 Å². The fourth-order valence-electron chi connectivity index (χ4n) is 1.78. The van der Waals surface area contributed by atoms with E-state index in [9.17, 15) is 0 Å². The van der Waals surface area contributed by atoms with Crippen molar-refractivity contribution >= 4 is 5.69 Å². The third-order valence-electron chi connectivity index (χ3n) is 2.55. The second-order valence-corrected chi connectivity index (χ2v) is 3.92. The van der Waals surface area contributed by atoms with Gasteiger partial charge in [-0.15, -0.1) is 0 Å². The van der Waals surface area contributed by atoms with E-state index in [1.165, 1.54) is 5.56 Å². The molecule has 1 heterocycles. The summed E-state index contributed by atoms with van der Waals surface area (Å²) >= 11 is 0. The number of benzene rings is 1. The average molecular weight is 212 g/mol. The lowest BCUT2D eigenvalue weighted by molar-refractivity contribution is 0.922. The fraction of sp³-hybridized carbons (Fsp3) is 0.214. The second kappa shape index (κ2) is 4.79. The van der Waals surface area contributed by atoms with Gasteiger partial charge in [-0.1, -0.05) is 31.5 Å².